The van der Waals surface area contributed by atoms with Crippen LogP contribution in [0, 0.1) is 11.8 Å². The number of carbonyl (C=O) groups is 4. The van der Waals surface area contributed by atoms with Gasteiger partial charge in [-0.25, -0.2) is 9.59 Å². The number of para-hydroxylation sites is 2. The van der Waals surface area contributed by atoms with Crippen molar-refractivity contribution in [1.82, 2.24) is 10.6 Å². The first kappa shape index (κ1) is 25.7. The molecule has 0 aromatic heterocycles. The standard InChI is InChI=1S/C26H32N4O5/c1-15(2)21(23(31)28-19(25(33)34)14-17-10-6-5-7-11-17)29-26(35)30-20-13-9-8-12-18(20)27-24(32)22(30)16(3)4/h5-13,15-16,19,21-22H,14H2,1-4H3,(H,27,32)(H,28,31)(H,29,35)(H,33,34)/t19-,21+,22+/m1/s1. The second kappa shape index (κ2) is 11.0. The average Bonchev–Trinajstić information content (AvgIpc) is 2.81. The number of urea groups is 1. The predicted molar refractivity (Wildman–Crippen MR) is 133 cm³/mol. The Morgan fingerprint density at radius 3 is 2.20 bits per heavy atom. The van der Waals surface area contributed by atoms with Crippen molar-refractivity contribution < 1.29 is 24.3 Å². The number of carbonyl (C=O) groups excluding carboxylic acids is 3. The molecule has 2 aromatic carbocycles. The van der Waals surface area contributed by atoms with Crippen molar-refractivity contribution in [3.63, 3.8) is 0 Å². The van der Waals surface area contributed by atoms with Crippen LogP contribution in [0.2, 0.25) is 0 Å². The van der Waals surface area contributed by atoms with E-state index in [1.54, 1.807) is 62.4 Å². The number of anilines is 2. The van der Waals surface area contributed by atoms with Crippen LogP contribution in [0.4, 0.5) is 16.2 Å². The van der Waals surface area contributed by atoms with E-state index >= 15 is 0 Å². The molecule has 4 amide bonds. The van der Waals surface area contributed by atoms with Gasteiger partial charge in [0, 0.05) is 6.42 Å². The molecule has 186 valence electrons. The van der Waals surface area contributed by atoms with E-state index < -0.39 is 36.0 Å². The summed E-state index contributed by atoms with van der Waals surface area (Å²) in [6, 6.07) is 12.4. The third-order valence-corrected chi connectivity index (χ3v) is 5.94. The predicted octanol–water partition coefficient (Wildman–Crippen LogP) is 3.02. The van der Waals surface area contributed by atoms with Crippen LogP contribution in [-0.2, 0) is 20.8 Å². The monoisotopic (exact) mass is 480 g/mol. The lowest BCUT2D eigenvalue weighted by Crippen LogP contribution is -2.61. The molecule has 0 unspecified atom stereocenters. The van der Waals surface area contributed by atoms with Gasteiger partial charge in [0.2, 0.25) is 11.8 Å². The van der Waals surface area contributed by atoms with Crippen LogP contribution in [0.1, 0.15) is 33.3 Å². The van der Waals surface area contributed by atoms with E-state index in [9.17, 15) is 24.3 Å². The molecule has 2 aromatic rings. The molecular weight excluding hydrogens is 448 g/mol. The van der Waals surface area contributed by atoms with Gasteiger partial charge in [-0.3, -0.25) is 14.5 Å². The summed E-state index contributed by atoms with van der Waals surface area (Å²) in [6.07, 6.45) is 0.107. The van der Waals surface area contributed by atoms with Gasteiger partial charge >= 0.3 is 12.0 Å². The smallest absolute Gasteiger partial charge is 0.326 e. The molecule has 9 heteroatoms. The minimum atomic E-state index is -1.17. The highest BCUT2D eigenvalue weighted by Gasteiger charge is 2.40. The Bertz CT molecular complexity index is 1090. The quantitative estimate of drug-likeness (QED) is 0.462. The second-order valence-electron chi connectivity index (χ2n) is 9.33. The minimum absolute atomic E-state index is 0.107. The largest absolute Gasteiger partial charge is 0.480 e. The van der Waals surface area contributed by atoms with Gasteiger partial charge in [-0.1, -0.05) is 70.2 Å². The highest BCUT2D eigenvalue weighted by molar-refractivity contribution is 6.12. The van der Waals surface area contributed by atoms with E-state index in [1.807, 2.05) is 19.9 Å². The second-order valence-corrected chi connectivity index (χ2v) is 9.33. The zero-order valence-corrected chi connectivity index (χ0v) is 20.3. The number of nitrogens with zero attached hydrogens (tertiary/aromatic N) is 1. The van der Waals surface area contributed by atoms with Gasteiger partial charge in [-0.15, -0.1) is 0 Å². The SMILES string of the molecule is CC(C)[C@H](NC(=O)N1c2ccccc2NC(=O)[C@@H]1C(C)C)C(=O)N[C@H](Cc1ccccc1)C(=O)O. The van der Waals surface area contributed by atoms with Crippen molar-refractivity contribution in [3.8, 4) is 0 Å². The summed E-state index contributed by atoms with van der Waals surface area (Å²) in [5.74, 6) is -2.61. The maximum atomic E-state index is 13.5. The van der Waals surface area contributed by atoms with E-state index in [0.29, 0.717) is 11.4 Å². The zero-order valence-electron chi connectivity index (χ0n) is 20.3. The number of amides is 4. The lowest BCUT2D eigenvalue weighted by molar-refractivity contribution is -0.142. The molecule has 0 saturated heterocycles. The van der Waals surface area contributed by atoms with E-state index in [4.69, 9.17) is 0 Å². The maximum Gasteiger partial charge on any atom is 0.326 e. The fraction of sp³-hybridized carbons (Fsp3) is 0.385. The Kier molecular flexibility index (Phi) is 8.11. The summed E-state index contributed by atoms with van der Waals surface area (Å²) in [5, 5.41) is 17.8. The third kappa shape index (κ3) is 5.98. The highest BCUT2D eigenvalue weighted by atomic mass is 16.4. The number of nitrogens with one attached hydrogen (secondary N) is 3. The van der Waals surface area contributed by atoms with Crippen LogP contribution in [0.25, 0.3) is 0 Å². The van der Waals surface area contributed by atoms with E-state index in [0.717, 1.165) is 5.56 Å². The minimum Gasteiger partial charge on any atom is -0.480 e. The summed E-state index contributed by atoms with van der Waals surface area (Å²) >= 11 is 0. The van der Waals surface area contributed by atoms with Gasteiger partial charge in [0.15, 0.2) is 0 Å². The number of carboxylic acid groups (broad SMARTS) is 1. The Labute approximate surface area is 204 Å². The van der Waals surface area contributed by atoms with E-state index in [-0.39, 0.29) is 24.2 Å². The summed E-state index contributed by atoms with van der Waals surface area (Å²) < 4.78 is 0. The highest BCUT2D eigenvalue weighted by Crippen LogP contribution is 2.34. The summed E-state index contributed by atoms with van der Waals surface area (Å²) in [7, 11) is 0. The molecule has 1 aliphatic heterocycles. The topological polar surface area (TPSA) is 128 Å². The first-order valence-corrected chi connectivity index (χ1v) is 11.7. The Morgan fingerprint density at radius 2 is 1.60 bits per heavy atom. The molecule has 1 heterocycles. The van der Waals surface area contributed by atoms with Crippen LogP contribution in [0.3, 0.4) is 0 Å². The van der Waals surface area contributed by atoms with Crippen molar-refractivity contribution in [1.29, 1.82) is 0 Å². The first-order chi connectivity index (χ1) is 16.6. The first-order valence-electron chi connectivity index (χ1n) is 11.7. The molecular formula is C26H32N4O5. The number of fused-ring (bicyclic) bond motifs is 1. The molecule has 0 saturated carbocycles. The normalized spacial score (nSPS) is 16.8. The zero-order chi connectivity index (χ0) is 25.7. The van der Waals surface area contributed by atoms with Crippen molar-refractivity contribution in [3.05, 3.63) is 60.2 Å². The van der Waals surface area contributed by atoms with Gasteiger partial charge in [0.1, 0.15) is 18.1 Å². The van der Waals surface area contributed by atoms with Gasteiger partial charge in [-0.2, -0.15) is 0 Å². The Hall–Kier alpha value is -3.88. The molecule has 0 radical (unpaired) electrons. The number of rotatable bonds is 8. The van der Waals surface area contributed by atoms with Gasteiger partial charge < -0.3 is 21.1 Å². The van der Waals surface area contributed by atoms with Crippen LogP contribution in [0.15, 0.2) is 54.6 Å². The fourth-order valence-corrected chi connectivity index (χ4v) is 4.15. The van der Waals surface area contributed by atoms with Crippen molar-refractivity contribution in [2.75, 3.05) is 10.2 Å². The molecule has 3 atom stereocenters. The van der Waals surface area contributed by atoms with Crippen molar-refractivity contribution in [2.24, 2.45) is 11.8 Å². The summed E-state index contributed by atoms with van der Waals surface area (Å²) in [5.41, 5.74) is 1.80. The average molecular weight is 481 g/mol. The number of carboxylic acids is 1. The molecule has 35 heavy (non-hydrogen) atoms. The molecule has 0 aliphatic carbocycles. The van der Waals surface area contributed by atoms with Crippen molar-refractivity contribution >= 4 is 35.2 Å². The lowest BCUT2D eigenvalue weighted by Gasteiger charge is -2.39. The van der Waals surface area contributed by atoms with Crippen LogP contribution in [-0.4, -0.2) is 47.0 Å². The summed E-state index contributed by atoms with van der Waals surface area (Å²) in [6.45, 7) is 7.20. The van der Waals surface area contributed by atoms with Gasteiger partial charge in [-0.05, 0) is 29.5 Å². The third-order valence-electron chi connectivity index (χ3n) is 5.94. The summed E-state index contributed by atoms with van der Waals surface area (Å²) in [4.78, 5) is 52.6. The molecule has 3 rings (SSSR count). The molecule has 0 fully saturated rings. The lowest BCUT2D eigenvalue weighted by atomic mass is 9.97. The number of benzene rings is 2. The molecule has 9 nitrogen and oxygen atoms in total. The van der Waals surface area contributed by atoms with Gasteiger partial charge in [0.25, 0.3) is 0 Å². The Morgan fingerprint density at radius 1 is 0.971 bits per heavy atom. The number of hydrogen-bond donors (Lipinski definition) is 4. The van der Waals surface area contributed by atoms with E-state index in [1.165, 1.54) is 4.90 Å². The fourth-order valence-electron chi connectivity index (χ4n) is 4.15. The Balaban J connectivity index is 1.82. The maximum absolute atomic E-state index is 13.5. The van der Waals surface area contributed by atoms with Crippen molar-refractivity contribution in [2.45, 2.75) is 52.2 Å². The van der Waals surface area contributed by atoms with E-state index in [2.05, 4.69) is 16.0 Å². The van der Waals surface area contributed by atoms with Crippen LogP contribution >= 0.6 is 0 Å². The molecule has 0 spiro atoms. The van der Waals surface area contributed by atoms with Crippen LogP contribution in [0.5, 0.6) is 0 Å². The molecule has 1 aliphatic rings. The number of hydrogen-bond acceptors (Lipinski definition) is 4. The van der Waals surface area contributed by atoms with Gasteiger partial charge in [0.05, 0.1) is 11.4 Å². The molecule has 4 N–H and O–H groups in total. The molecule has 0 bridgehead atoms. The number of aliphatic carboxylic acids is 1. The van der Waals surface area contributed by atoms with Crippen LogP contribution < -0.4 is 20.9 Å².